The Morgan fingerprint density at radius 1 is 1.32 bits per heavy atom. The Balaban J connectivity index is 1.88. The first-order valence-electron chi connectivity index (χ1n) is 8.47. The largest absolute Gasteiger partial charge is 0.341 e. The molecule has 2 fully saturated rings. The molecule has 0 saturated carbocycles. The van der Waals surface area contributed by atoms with Crippen molar-refractivity contribution < 1.29 is 4.79 Å². The van der Waals surface area contributed by atoms with Crippen molar-refractivity contribution in [2.75, 3.05) is 32.7 Å². The van der Waals surface area contributed by atoms with Gasteiger partial charge in [-0.05, 0) is 50.1 Å². The molecular weight excluding hydrogens is 294 g/mol. The van der Waals surface area contributed by atoms with Crippen molar-refractivity contribution in [2.24, 2.45) is 0 Å². The third-order valence-electron chi connectivity index (χ3n) is 4.94. The fourth-order valence-electron chi connectivity index (χ4n) is 3.60. The number of thiophene rings is 1. The number of hydrogen-bond donors (Lipinski definition) is 1. The summed E-state index contributed by atoms with van der Waals surface area (Å²) in [6.07, 6.45) is 3.56. The van der Waals surface area contributed by atoms with Crippen LogP contribution in [-0.4, -0.2) is 54.5 Å². The molecule has 122 valence electrons. The van der Waals surface area contributed by atoms with Crippen molar-refractivity contribution in [3.63, 3.8) is 0 Å². The summed E-state index contributed by atoms with van der Waals surface area (Å²) in [5.74, 6) is 0.319. The monoisotopic (exact) mass is 321 g/mol. The Morgan fingerprint density at radius 3 is 2.73 bits per heavy atom. The zero-order chi connectivity index (χ0) is 15.5. The molecule has 2 aliphatic rings. The van der Waals surface area contributed by atoms with E-state index >= 15 is 0 Å². The highest BCUT2D eigenvalue weighted by atomic mass is 32.1. The molecule has 2 atom stereocenters. The molecule has 2 unspecified atom stereocenters. The summed E-state index contributed by atoms with van der Waals surface area (Å²) in [5, 5.41) is 5.55. The molecule has 22 heavy (non-hydrogen) atoms. The fraction of sp³-hybridized carbons (Fsp3) is 0.706. The maximum atomic E-state index is 13.3. The van der Waals surface area contributed by atoms with Crippen LogP contribution >= 0.6 is 11.3 Å². The number of carbonyl (C=O) groups excluding carboxylic acids is 1. The summed E-state index contributed by atoms with van der Waals surface area (Å²) in [6, 6.07) is 2.45. The van der Waals surface area contributed by atoms with E-state index in [-0.39, 0.29) is 6.04 Å². The van der Waals surface area contributed by atoms with Gasteiger partial charge in [-0.2, -0.15) is 0 Å². The van der Waals surface area contributed by atoms with Gasteiger partial charge in [-0.15, -0.1) is 11.3 Å². The second-order valence-corrected chi connectivity index (χ2v) is 7.50. The summed E-state index contributed by atoms with van der Waals surface area (Å²) in [4.78, 5) is 19.0. The van der Waals surface area contributed by atoms with E-state index in [1.165, 1.54) is 16.9 Å². The van der Waals surface area contributed by atoms with E-state index in [0.29, 0.717) is 11.9 Å². The van der Waals surface area contributed by atoms with E-state index in [1.807, 2.05) is 0 Å². The van der Waals surface area contributed by atoms with Gasteiger partial charge in [-0.1, -0.05) is 0 Å². The van der Waals surface area contributed by atoms with Gasteiger partial charge in [0.15, 0.2) is 0 Å². The number of nitrogens with one attached hydrogen (secondary N) is 1. The van der Waals surface area contributed by atoms with E-state index in [2.05, 4.69) is 40.4 Å². The number of rotatable bonds is 3. The molecule has 0 aliphatic carbocycles. The van der Waals surface area contributed by atoms with Gasteiger partial charge >= 0.3 is 0 Å². The van der Waals surface area contributed by atoms with Crippen LogP contribution in [0.4, 0.5) is 0 Å². The number of piperazine rings is 1. The SMILES string of the molecule is Cc1ccsc1C(C(=O)N1CCCCC1)N1CCNCC1C. The number of piperidine rings is 1. The summed E-state index contributed by atoms with van der Waals surface area (Å²) in [6.45, 7) is 9.11. The second-order valence-electron chi connectivity index (χ2n) is 6.55. The van der Waals surface area contributed by atoms with Crippen LogP contribution in [0.2, 0.25) is 0 Å². The fourth-order valence-corrected chi connectivity index (χ4v) is 4.63. The van der Waals surface area contributed by atoms with Crippen molar-refractivity contribution in [3.05, 3.63) is 21.9 Å². The lowest BCUT2D eigenvalue weighted by atomic mass is 10.0. The summed E-state index contributed by atoms with van der Waals surface area (Å²) < 4.78 is 0. The first-order chi connectivity index (χ1) is 10.7. The molecule has 3 rings (SSSR count). The molecule has 4 nitrogen and oxygen atoms in total. The smallest absolute Gasteiger partial charge is 0.245 e. The lowest BCUT2D eigenvalue weighted by Gasteiger charge is -2.41. The van der Waals surface area contributed by atoms with Crippen LogP contribution in [0.25, 0.3) is 0 Å². The quantitative estimate of drug-likeness (QED) is 0.928. The summed E-state index contributed by atoms with van der Waals surface area (Å²) in [5.41, 5.74) is 1.26. The number of aryl methyl sites for hydroxylation is 1. The van der Waals surface area contributed by atoms with Gasteiger partial charge in [0.25, 0.3) is 0 Å². The topological polar surface area (TPSA) is 35.6 Å². The number of carbonyl (C=O) groups is 1. The standard InChI is InChI=1S/C17H27N3OS/c1-13-6-11-22-16(13)15(20-10-7-18-12-14(20)2)17(21)19-8-4-3-5-9-19/h6,11,14-15,18H,3-5,7-10,12H2,1-2H3. The molecule has 1 amide bonds. The average molecular weight is 321 g/mol. The molecule has 0 aromatic carbocycles. The Hall–Kier alpha value is -0.910. The third-order valence-corrected chi connectivity index (χ3v) is 6.01. The maximum Gasteiger partial charge on any atom is 0.245 e. The van der Waals surface area contributed by atoms with Gasteiger partial charge in [0.1, 0.15) is 6.04 Å². The average Bonchev–Trinajstić information content (AvgIpc) is 2.96. The molecule has 0 spiro atoms. The van der Waals surface area contributed by atoms with Gasteiger partial charge in [0.05, 0.1) is 0 Å². The van der Waals surface area contributed by atoms with E-state index in [0.717, 1.165) is 45.6 Å². The maximum absolute atomic E-state index is 13.3. The van der Waals surface area contributed by atoms with E-state index < -0.39 is 0 Å². The van der Waals surface area contributed by atoms with E-state index in [1.54, 1.807) is 11.3 Å². The molecule has 0 radical (unpaired) electrons. The minimum absolute atomic E-state index is 0.0878. The predicted octanol–water partition coefficient (Wildman–Crippen LogP) is 2.40. The minimum atomic E-state index is -0.0878. The van der Waals surface area contributed by atoms with Crippen molar-refractivity contribution in [3.8, 4) is 0 Å². The summed E-state index contributed by atoms with van der Waals surface area (Å²) in [7, 11) is 0. The Labute approximate surface area is 137 Å². The van der Waals surface area contributed by atoms with Crippen LogP contribution in [0.3, 0.4) is 0 Å². The van der Waals surface area contributed by atoms with Crippen molar-refractivity contribution >= 4 is 17.2 Å². The molecule has 2 saturated heterocycles. The van der Waals surface area contributed by atoms with Crippen LogP contribution in [0.15, 0.2) is 11.4 Å². The highest BCUT2D eigenvalue weighted by molar-refractivity contribution is 7.10. The molecule has 1 aromatic heterocycles. The lowest BCUT2D eigenvalue weighted by molar-refractivity contribution is -0.139. The van der Waals surface area contributed by atoms with E-state index in [9.17, 15) is 4.79 Å². The second kappa shape index (κ2) is 7.11. The molecule has 0 bridgehead atoms. The van der Waals surface area contributed by atoms with Crippen LogP contribution < -0.4 is 5.32 Å². The normalized spacial score (nSPS) is 25.2. The van der Waals surface area contributed by atoms with Gasteiger partial charge in [-0.3, -0.25) is 9.69 Å². The van der Waals surface area contributed by atoms with Crippen LogP contribution in [-0.2, 0) is 4.79 Å². The molecule has 3 heterocycles. The van der Waals surface area contributed by atoms with Gasteiger partial charge in [-0.25, -0.2) is 0 Å². The van der Waals surface area contributed by atoms with Crippen molar-refractivity contribution in [1.82, 2.24) is 15.1 Å². The first kappa shape index (κ1) is 16.0. The van der Waals surface area contributed by atoms with E-state index in [4.69, 9.17) is 0 Å². The molecular formula is C17H27N3OS. The van der Waals surface area contributed by atoms with Crippen LogP contribution in [0.5, 0.6) is 0 Å². The lowest BCUT2D eigenvalue weighted by Crippen LogP contribution is -2.55. The highest BCUT2D eigenvalue weighted by Crippen LogP contribution is 2.33. The molecule has 1 N–H and O–H groups in total. The van der Waals surface area contributed by atoms with Crippen LogP contribution in [0.1, 0.15) is 42.7 Å². The molecule has 5 heteroatoms. The Kier molecular flexibility index (Phi) is 5.16. The number of hydrogen-bond acceptors (Lipinski definition) is 4. The highest BCUT2D eigenvalue weighted by Gasteiger charge is 2.36. The Morgan fingerprint density at radius 2 is 2.09 bits per heavy atom. The van der Waals surface area contributed by atoms with Crippen molar-refractivity contribution in [2.45, 2.75) is 45.2 Å². The predicted molar refractivity (Wildman–Crippen MR) is 91.3 cm³/mol. The van der Waals surface area contributed by atoms with Crippen LogP contribution in [0, 0.1) is 6.92 Å². The van der Waals surface area contributed by atoms with Gasteiger partial charge in [0.2, 0.25) is 5.91 Å². The molecule has 1 aromatic rings. The molecule has 2 aliphatic heterocycles. The number of nitrogens with zero attached hydrogens (tertiary/aromatic N) is 2. The zero-order valence-electron chi connectivity index (χ0n) is 13.7. The number of likely N-dealkylation sites (tertiary alicyclic amines) is 1. The summed E-state index contributed by atoms with van der Waals surface area (Å²) >= 11 is 1.74. The van der Waals surface area contributed by atoms with Gasteiger partial charge < -0.3 is 10.2 Å². The van der Waals surface area contributed by atoms with Gasteiger partial charge in [0, 0.05) is 43.6 Å². The Bertz CT molecular complexity index is 510. The first-order valence-corrected chi connectivity index (χ1v) is 9.35. The zero-order valence-corrected chi connectivity index (χ0v) is 14.5. The minimum Gasteiger partial charge on any atom is -0.341 e. The number of amides is 1. The third kappa shape index (κ3) is 3.21. The van der Waals surface area contributed by atoms with Crippen molar-refractivity contribution in [1.29, 1.82) is 0 Å².